The molecule has 0 unspecified atom stereocenters. The van der Waals surface area contributed by atoms with Crippen LogP contribution < -0.4 is 0 Å². The Morgan fingerprint density at radius 2 is 0.800 bits per heavy atom. The third-order valence-corrected chi connectivity index (χ3v) is 12.7. The zero-order valence-electron chi connectivity index (χ0n) is 29.8. The average Bonchev–Trinajstić information content (AvgIpc) is 3.91. The second-order valence-corrected chi connectivity index (χ2v) is 15.6. The number of benzene rings is 9. The minimum absolute atomic E-state index is 1.18. The molecule has 3 heterocycles. The molecule has 3 heteroatoms. The molecule has 0 aliphatic rings. The summed E-state index contributed by atoms with van der Waals surface area (Å²) in [6, 6.07) is 71.3. The van der Waals surface area contributed by atoms with E-state index in [1.165, 1.54) is 108 Å². The third-order valence-electron chi connectivity index (χ3n) is 11.5. The van der Waals surface area contributed by atoms with Crippen molar-refractivity contribution in [2.45, 2.75) is 0 Å². The van der Waals surface area contributed by atoms with Crippen molar-refractivity contribution in [2.75, 3.05) is 0 Å². The van der Waals surface area contributed by atoms with Crippen LogP contribution in [0.2, 0.25) is 0 Å². The lowest BCUT2D eigenvalue weighted by atomic mass is 9.98. The molecule has 12 rings (SSSR count). The Morgan fingerprint density at radius 1 is 0.291 bits per heavy atom. The quantitative estimate of drug-likeness (QED) is 0.172. The van der Waals surface area contributed by atoms with Gasteiger partial charge in [-0.05, 0) is 93.7 Å². The Kier molecular flexibility index (Phi) is 6.54. The smallest absolute Gasteiger partial charge is 0.0541 e. The van der Waals surface area contributed by atoms with Gasteiger partial charge in [-0.2, -0.15) is 0 Å². The van der Waals surface area contributed by atoms with Crippen LogP contribution in [0.15, 0.2) is 194 Å². The maximum absolute atomic E-state index is 2.43. The highest BCUT2D eigenvalue weighted by atomic mass is 32.1. The SMILES string of the molecule is c1ccc(-n2c3ccccc3c3cc(-c4ccc(-c5ccc6c(c5)c5ccccc5n6-c5ccc6c(c5)sc5c7ccccc7ccc65)cc4)ccc32)cc1. The second kappa shape index (κ2) is 11.8. The zero-order chi connectivity index (χ0) is 36.0. The highest BCUT2D eigenvalue weighted by Gasteiger charge is 2.17. The van der Waals surface area contributed by atoms with Crippen LogP contribution in [0, 0.1) is 0 Å². The molecule has 9 aromatic carbocycles. The monoisotopic (exact) mass is 716 g/mol. The predicted molar refractivity (Wildman–Crippen MR) is 236 cm³/mol. The number of thiophene rings is 1. The number of hydrogen-bond acceptors (Lipinski definition) is 1. The first kappa shape index (κ1) is 30.5. The molecule has 3 aromatic heterocycles. The lowest BCUT2D eigenvalue weighted by Gasteiger charge is -2.10. The van der Waals surface area contributed by atoms with Gasteiger partial charge in [0.2, 0.25) is 0 Å². The molecule has 0 atom stereocenters. The van der Waals surface area contributed by atoms with Crippen molar-refractivity contribution in [1.29, 1.82) is 0 Å². The van der Waals surface area contributed by atoms with Crippen molar-refractivity contribution < 1.29 is 0 Å². The first-order valence-corrected chi connectivity index (χ1v) is 19.7. The van der Waals surface area contributed by atoms with Gasteiger partial charge in [0.05, 0.1) is 22.1 Å². The maximum atomic E-state index is 2.43. The Hall–Kier alpha value is -6.94. The lowest BCUT2D eigenvalue weighted by molar-refractivity contribution is 1.18. The summed E-state index contributed by atoms with van der Waals surface area (Å²) in [5, 5.41) is 10.3. The molecule has 0 saturated carbocycles. The van der Waals surface area contributed by atoms with Crippen LogP contribution in [-0.2, 0) is 0 Å². The fraction of sp³-hybridized carbons (Fsp3) is 0. The summed E-state index contributed by atoms with van der Waals surface area (Å²) < 4.78 is 7.48. The van der Waals surface area contributed by atoms with Gasteiger partial charge < -0.3 is 9.13 Å². The Balaban J connectivity index is 0.937. The van der Waals surface area contributed by atoms with Crippen LogP contribution in [0.1, 0.15) is 0 Å². The topological polar surface area (TPSA) is 9.86 Å². The summed E-state index contributed by atoms with van der Waals surface area (Å²) >= 11 is 1.90. The molecular formula is C52H32N2S. The molecule has 0 spiro atoms. The standard InChI is InChI=1S/C52H32N2S/c1-2-11-38(12-3-1)53-47-16-8-6-14-41(47)45-30-36(23-28-49(45)53)33-18-20-34(21-19-33)37-24-29-50-46(31-37)42-15-7-9-17-48(42)54(50)39-25-27-43-44-26-22-35-10-4-5-13-40(35)52(44)55-51(43)32-39/h1-32H. The van der Waals surface area contributed by atoms with E-state index in [9.17, 15) is 0 Å². The number of hydrogen-bond donors (Lipinski definition) is 0. The van der Waals surface area contributed by atoms with Crippen LogP contribution >= 0.6 is 11.3 Å². The molecule has 55 heavy (non-hydrogen) atoms. The van der Waals surface area contributed by atoms with Gasteiger partial charge in [0.15, 0.2) is 0 Å². The van der Waals surface area contributed by atoms with Crippen LogP contribution in [0.4, 0.5) is 0 Å². The van der Waals surface area contributed by atoms with Crippen molar-refractivity contribution in [1.82, 2.24) is 9.13 Å². The molecule has 0 aliphatic heterocycles. The Morgan fingerprint density at radius 3 is 1.45 bits per heavy atom. The Labute approximate surface area is 321 Å². The van der Waals surface area contributed by atoms with E-state index in [2.05, 4.69) is 203 Å². The highest BCUT2D eigenvalue weighted by molar-refractivity contribution is 7.26. The van der Waals surface area contributed by atoms with E-state index in [1.807, 2.05) is 11.3 Å². The lowest BCUT2D eigenvalue weighted by Crippen LogP contribution is -1.93. The van der Waals surface area contributed by atoms with Crippen molar-refractivity contribution in [3.05, 3.63) is 194 Å². The van der Waals surface area contributed by atoms with Gasteiger partial charge in [0.1, 0.15) is 0 Å². The van der Waals surface area contributed by atoms with Crippen molar-refractivity contribution in [3.63, 3.8) is 0 Å². The van der Waals surface area contributed by atoms with E-state index in [0.717, 1.165) is 0 Å². The largest absolute Gasteiger partial charge is 0.309 e. The molecule has 0 aliphatic carbocycles. The zero-order valence-corrected chi connectivity index (χ0v) is 30.6. The molecular weight excluding hydrogens is 685 g/mol. The molecule has 0 bridgehead atoms. The van der Waals surface area contributed by atoms with Crippen LogP contribution in [-0.4, -0.2) is 9.13 Å². The number of aromatic nitrogens is 2. The van der Waals surface area contributed by atoms with E-state index < -0.39 is 0 Å². The van der Waals surface area contributed by atoms with E-state index >= 15 is 0 Å². The summed E-state index contributed by atoms with van der Waals surface area (Å²) in [5.74, 6) is 0. The summed E-state index contributed by atoms with van der Waals surface area (Å²) in [4.78, 5) is 0. The van der Waals surface area contributed by atoms with Gasteiger partial charge >= 0.3 is 0 Å². The van der Waals surface area contributed by atoms with Crippen LogP contribution in [0.25, 0.3) is 108 Å². The molecule has 256 valence electrons. The van der Waals surface area contributed by atoms with Gasteiger partial charge in [-0.25, -0.2) is 0 Å². The number of rotatable bonds is 4. The van der Waals surface area contributed by atoms with E-state index in [1.54, 1.807) is 0 Å². The fourth-order valence-electron chi connectivity index (χ4n) is 8.93. The highest BCUT2D eigenvalue weighted by Crippen LogP contribution is 2.42. The molecule has 0 amide bonds. The second-order valence-electron chi connectivity index (χ2n) is 14.5. The number of nitrogens with zero attached hydrogens (tertiary/aromatic N) is 2. The molecule has 0 radical (unpaired) electrons. The summed E-state index contributed by atoms with van der Waals surface area (Å²) in [7, 11) is 0. The van der Waals surface area contributed by atoms with Gasteiger partial charge in [-0.15, -0.1) is 11.3 Å². The Bertz CT molecular complexity index is 3470. The molecule has 2 nitrogen and oxygen atoms in total. The van der Waals surface area contributed by atoms with E-state index in [0.29, 0.717) is 0 Å². The fourth-order valence-corrected chi connectivity index (χ4v) is 10.2. The summed E-state index contributed by atoms with van der Waals surface area (Å²) in [5.41, 5.74) is 12.1. The van der Waals surface area contributed by atoms with Gasteiger partial charge in [0.25, 0.3) is 0 Å². The average molecular weight is 717 g/mol. The van der Waals surface area contributed by atoms with E-state index in [4.69, 9.17) is 0 Å². The van der Waals surface area contributed by atoms with Crippen LogP contribution in [0.5, 0.6) is 0 Å². The first-order valence-electron chi connectivity index (χ1n) is 18.8. The maximum Gasteiger partial charge on any atom is 0.0541 e. The van der Waals surface area contributed by atoms with Gasteiger partial charge in [-0.1, -0.05) is 133 Å². The van der Waals surface area contributed by atoms with Gasteiger partial charge in [0, 0.05) is 53.1 Å². The predicted octanol–water partition coefficient (Wildman–Crippen LogP) is 14.7. The normalized spacial score (nSPS) is 12.0. The minimum Gasteiger partial charge on any atom is -0.309 e. The van der Waals surface area contributed by atoms with E-state index in [-0.39, 0.29) is 0 Å². The first-order chi connectivity index (χ1) is 27.3. The summed E-state index contributed by atoms with van der Waals surface area (Å²) in [6.45, 7) is 0. The van der Waals surface area contributed by atoms with Crippen molar-refractivity contribution in [2.24, 2.45) is 0 Å². The number of para-hydroxylation sites is 3. The van der Waals surface area contributed by atoms with Crippen molar-refractivity contribution >= 4 is 85.9 Å². The number of fused-ring (bicyclic) bond motifs is 11. The molecule has 0 fully saturated rings. The van der Waals surface area contributed by atoms with Crippen molar-refractivity contribution in [3.8, 4) is 33.6 Å². The third kappa shape index (κ3) is 4.60. The molecule has 0 N–H and O–H groups in total. The molecule has 0 saturated heterocycles. The van der Waals surface area contributed by atoms with Crippen LogP contribution in [0.3, 0.4) is 0 Å². The molecule has 12 aromatic rings. The minimum atomic E-state index is 1.18. The van der Waals surface area contributed by atoms with Gasteiger partial charge in [-0.3, -0.25) is 0 Å². The summed E-state index contributed by atoms with van der Waals surface area (Å²) in [6.07, 6.45) is 0.